The van der Waals surface area contributed by atoms with E-state index in [1.54, 1.807) is 32.5 Å². The number of carbonyl (C=O) groups is 1. The molecule has 2 rings (SSSR count). The molecule has 1 aromatic carbocycles. The van der Waals surface area contributed by atoms with E-state index in [9.17, 15) is 4.79 Å². The van der Waals surface area contributed by atoms with Gasteiger partial charge in [-0.3, -0.25) is 0 Å². The van der Waals surface area contributed by atoms with E-state index in [0.717, 1.165) is 22.0 Å². The van der Waals surface area contributed by atoms with Gasteiger partial charge in [0.2, 0.25) is 5.88 Å². The first-order chi connectivity index (χ1) is 12.1. The average molecular weight is 410 g/mol. The molecule has 134 valence electrons. The lowest BCUT2D eigenvalue weighted by molar-refractivity contribution is 0.0500. The monoisotopic (exact) mass is 409 g/mol. The molecule has 6 nitrogen and oxygen atoms in total. The van der Waals surface area contributed by atoms with Gasteiger partial charge in [0.25, 0.3) is 0 Å². The van der Waals surface area contributed by atoms with E-state index in [4.69, 9.17) is 18.9 Å². The number of aryl methyl sites for hydroxylation is 2. The van der Waals surface area contributed by atoms with Crippen LogP contribution in [-0.2, 0) is 22.3 Å². The number of ether oxygens (including phenoxy) is 4. The molecule has 1 aromatic heterocycles. The summed E-state index contributed by atoms with van der Waals surface area (Å²) >= 11 is 3.51. The molecule has 0 aliphatic carbocycles. The molecule has 0 bridgehead atoms. The van der Waals surface area contributed by atoms with E-state index < -0.39 is 0 Å². The Hall–Kier alpha value is -2.12. The predicted octanol–water partition coefficient (Wildman–Crippen LogP) is 3.41. The molecule has 0 atom stereocenters. The Morgan fingerprint density at radius 1 is 1.12 bits per heavy atom. The van der Waals surface area contributed by atoms with E-state index >= 15 is 0 Å². The van der Waals surface area contributed by atoms with E-state index in [1.165, 1.54) is 7.11 Å². The topological polar surface area (TPSA) is 66.9 Å². The van der Waals surface area contributed by atoms with Gasteiger partial charge in [-0.2, -0.15) is 0 Å². The van der Waals surface area contributed by atoms with Gasteiger partial charge in [0.05, 0.1) is 26.0 Å². The number of nitrogens with zero attached hydrogens (tertiary/aromatic N) is 1. The summed E-state index contributed by atoms with van der Waals surface area (Å²) < 4.78 is 21.3. The fourth-order valence-electron chi connectivity index (χ4n) is 2.29. The van der Waals surface area contributed by atoms with Crippen LogP contribution in [0.2, 0.25) is 0 Å². The van der Waals surface area contributed by atoms with Crippen LogP contribution in [0.3, 0.4) is 0 Å². The second-order valence-corrected chi connectivity index (χ2v) is 6.04. The van der Waals surface area contributed by atoms with Crippen molar-refractivity contribution in [2.45, 2.75) is 12.8 Å². The molecular weight excluding hydrogens is 390 g/mol. The van der Waals surface area contributed by atoms with Crippen molar-refractivity contribution in [2.75, 3.05) is 28.1 Å². The lowest BCUT2D eigenvalue weighted by Gasteiger charge is -2.12. The standard InChI is InChI=1S/C18H20BrNO5/c1-22-11-25-16-10-20-17(23-2)9-13(16)6-4-12-5-7-14(8-15(12)19)18(21)24-3/h5,7-10H,4,6,11H2,1-3H3. The van der Waals surface area contributed by atoms with Gasteiger partial charge in [0.1, 0.15) is 5.75 Å². The summed E-state index contributed by atoms with van der Waals surface area (Å²) in [6.07, 6.45) is 3.09. The van der Waals surface area contributed by atoms with Crippen molar-refractivity contribution in [3.05, 3.63) is 51.6 Å². The first-order valence-corrected chi connectivity index (χ1v) is 8.39. The van der Waals surface area contributed by atoms with Crippen LogP contribution < -0.4 is 9.47 Å². The highest BCUT2D eigenvalue weighted by Gasteiger charge is 2.11. The first-order valence-electron chi connectivity index (χ1n) is 7.60. The van der Waals surface area contributed by atoms with E-state index in [-0.39, 0.29) is 12.8 Å². The molecule has 0 N–H and O–H groups in total. The van der Waals surface area contributed by atoms with Crippen molar-refractivity contribution in [2.24, 2.45) is 0 Å². The summed E-state index contributed by atoms with van der Waals surface area (Å²) in [7, 11) is 4.50. The molecule has 1 heterocycles. The first kappa shape index (κ1) is 19.2. The second kappa shape index (κ2) is 9.39. The number of aromatic nitrogens is 1. The van der Waals surface area contributed by atoms with Gasteiger partial charge in [0.15, 0.2) is 6.79 Å². The van der Waals surface area contributed by atoms with Crippen LogP contribution in [0.4, 0.5) is 0 Å². The molecule has 0 saturated carbocycles. The van der Waals surface area contributed by atoms with E-state index in [0.29, 0.717) is 23.6 Å². The molecule has 0 fully saturated rings. The maximum absolute atomic E-state index is 11.6. The fraction of sp³-hybridized carbons (Fsp3) is 0.333. The third kappa shape index (κ3) is 5.17. The number of hydrogen-bond acceptors (Lipinski definition) is 6. The van der Waals surface area contributed by atoms with Crippen LogP contribution in [0.5, 0.6) is 11.6 Å². The van der Waals surface area contributed by atoms with Gasteiger partial charge in [-0.05, 0) is 30.5 Å². The minimum atomic E-state index is -0.360. The number of pyridine rings is 1. The zero-order chi connectivity index (χ0) is 18.2. The molecule has 2 aromatic rings. The van der Waals surface area contributed by atoms with Crippen LogP contribution in [0, 0.1) is 0 Å². The summed E-state index contributed by atoms with van der Waals surface area (Å²) in [6.45, 7) is 0.151. The van der Waals surface area contributed by atoms with E-state index in [1.807, 2.05) is 12.1 Å². The number of methoxy groups -OCH3 is 3. The third-order valence-corrected chi connectivity index (χ3v) is 4.34. The molecule has 0 amide bonds. The number of esters is 1. The highest BCUT2D eigenvalue weighted by atomic mass is 79.9. The van der Waals surface area contributed by atoms with Crippen molar-refractivity contribution in [1.29, 1.82) is 0 Å². The molecule has 0 unspecified atom stereocenters. The van der Waals surface area contributed by atoms with Crippen LogP contribution in [0.15, 0.2) is 34.9 Å². The molecule has 7 heteroatoms. The number of hydrogen-bond donors (Lipinski definition) is 0. The highest BCUT2D eigenvalue weighted by Crippen LogP contribution is 2.26. The highest BCUT2D eigenvalue weighted by molar-refractivity contribution is 9.10. The number of rotatable bonds is 8. The molecule has 0 saturated heterocycles. The maximum Gasteiger partial charge on any atom is 0.337 e. The molecule has 0 aliphatic heterocycles. The fourth-order valence-corrected chi connectivity index (χ4v) is 2.86. The minimum absolute atomic E-state index is 0.151. The Morgan fingerprint density at radius 2 is 1.88 bits per heavy atom. The Morgan fingerprint density at radius 3 is 2.52 bits per heavy atom. The number of benzene rings is 1. The van der Waals surface area contributed by atoms with Crippen LogP contribution >= 0.6 is 15.9 Å². The lowest BCUT2D eigenvalue weighted by Crippen LogP contribution is -2.05. The van der Waals surface area contributed by atoms with Crippen LogP contribution in [-0.4, -0.2) is 39.1 Å². The quantitative estimate of drug-likeness (QED) is 0.491. The van der Waals surface area contributed by atoms with E-state index in [2.05, 4.69) is 20.9 Å². The zero-order valence-corrected chi connectivity index (χ0v) is 16.0. The molecular formula is C18H20BrNO5. The van der Waals surface area contributed by atoms with Gasteiger partial charge in [0, 0.05) is 23.2 Å². The largest absolute Gasteiger partial charge is 0.481 e. The van der Waals surface area contributed by atoms with Gasteiger partial charge in [-0.25, -0.2) is 9.78 Å². The summed E-state index contributed by atoms with van der Waals surface area (Å²) in [4.78, 5) is 15.7. The van der Waals surface area contributed by atoms with Crippen molar-refractivity contribution < 1.29 is 23.7 Å². The summed E-state index contributed by atoms with van der Waals surface area (Å²) in [6, 6.07) is 7.27. The SMILES string of the molecule is COCOc1cnc(OC)cc1CCc1ccc(C(=O)OC)cc1Br. The number of halogens is 1. The molecule has 0 radical (unpaired) electrons. The molecule has 0 spiro atoms. The van der Waals surface area contributed by atoms with Crippen molar-refractivity contribution in [3.63, 3.8) is 0 Å². The van der Waals surface area contributed by atoms with Crippen molar-refractivity contribution in [3.8, 4) is 11.6 Å². The summed E-state index contributed by atoms with van der Waals surface area (Å²) in [5.41, 5.74) is 2.54. The average Bonchev–Trinajstić information content (AvgIpc) is 2.64. The predicted molar refractivity (Wildman–Crippen MR) is 96.2 cm³/mol. The van der Waals surface area contributed by atoms with Gasteiger partial charge in [-0.15, -0.1) is 0 Å². The Bertz CT molecular complexity index is 735. The summed E-state index contributed by atoms with van der Waals surface area (Å²) in [5, 5.41) is 0. The molecule has 0 aliphatic rings. The summed E-state index contributed by atoms with van der Waals surface area (Å²) in [5.74, 6) is 0.825. The maximum atomic E-state index is 11.6. The lowest BCUT2D eigenvalue weighted by atomic mass is 10.0. The van der Waals surface area contributed by atoms with Gasteiger partial charge >= 0.3 is 5.97 Å². The van der Waals surface area contributed by atoms with Crippen LogP contribution in [0.25, 0.3) is 0 Å². The van der Waals surface area contributed by atoms with Gasteiger partial charge < -0.3 is 18.9 Å². The number of carbonyl (C=O) groups excluding carboxylic acids is 1. The Labute approximate surface area is 155 Å². The van der Waals surface area contributed by atoms with Gasteiger partial charge in [-0.1, -0.05) is 22.0 Å². The second-order valence-electron chi connectivity index (χ2n) is 5.18. The smallest absolute Gasteiger partial charge is 0.337 e. The van der Waals surface area contributed by atoms with Crippen molar-refractivity contribution >= 4 is 21.9 Å². The zero-order valence-electron chi connectivity index (χ0n) is 14.4. The van der Waals surface area contributed by atoms with Crippen LogP contribution in [0.1, 0.15) is 21.5 Å². The van der Waals surface area contributed by atoms with Crippen molar-refractivity contribution in [1.82, 2.24) is 4.98 Å². The Balaban J connectivity index is 2.15. The Kier molecular flexibility index (Phi) is 7.21. The third-order valence-electron chi connectivity index (χ3n) is 3.60. The normalized spacial score (nSPS) is 10.4. The molecule has 25 heavy (non-hydrogen) atoms. The minimum Gasteiger partial charge on any atom is -0.481 e.